The first kappa shape index (κ1) is 10.8. The molecule has 0 aromatic carbocycles. The van der Waals surface area contributed by atoms with Crippen LogP contribution >= 0.6 is 11.8 Å². The van der Waals surface area contributed by atoms with Gasteiger partial charge in [0.1, 0.15) is 0 Å². The van der Waals surface area contributed by atoms with Crippen LogP contribution in [0.4, 0.5) is 0 Å². The van der Waals surface area contributed by atoms with Crippen molar-refractivity contribution in [3.05, 3.63) is 0 Å². The van der Waals surface area contributed by atoms with Gasteiger partial charge in [-0.25, -0.2) is 0 Å². The number of thioether (sulfide) groups is 1. The van der Waals surface area contributed by atoms with Gasteiger partial charge in [0.2, 0.25) is 0 Å². The lowest BCUT2D eigenvalue weighted by Crippen LogP contribution is -2.19. The van der Waals surface area contributed by atoms with E-state index in [0.717, 1.165) is 5.92 Å². The lowest BCUT2D eigenvalue weighted by Gasteiger charge is -2.22. The van der Waals surface area contributed by atoms with Gasteiger partial charge in [0.25, 0.3) is 0 Å². The highest BCUT2D eigenvalue weighted by atomic mass is 32.2. The number of rotatable bonds is 4. The molecule has 1 nitrogen and oxygen atoms in total. The molecule has 0 unspecified atom stereocenters. The van der Waals surface area contributed by atoms with E-state index in [0.29, 0.717) is 0 Å². The zero-order valence-corrected chi connectivity index (χ0v) is 10.0. The van der Waals surface area contributed by atoms with E-state index in [9.17, 15) is 0 Å². The van der Waals surface area contributed by atoms with Crippen LogP contribution in [0.2, 0.25) is 0 Å². The van der Waals surface area contributed by atoms with E-state index in [2.05, 4.69) is 16.7 Å². The summed E-state index contributed by atoms with van der Waals surface area (Å²) < 4.78 is 0. The van der Waals surface area contributed by atoms with Crippen molar-refractivity contribution in [3.8, 4) is 0 Å². The molecular weight excluding hydrogens is 190 g/mol. The average Bonchev–Trinajstić information content (AvgIpc) is 2.72. The minimum atomic E-state index is 1.05. The summed E-state index contributed by atoms with van der Waals surface area (Å²) in [6.07, 6.45) is 10.4. The highest BCUT2D eigenvalue weighted by molar-refractivity contribution is 7.99. The van der Waals surface area contributed by atoms with Crippen molar-refractivity contribution in [1.82, 2.24) is 4.90 Å². The predicted molar refractivity (Wildman–Crippen MR) is 64.7 cm³/mol. The molecule has 2 heteroatoms. The molecule has 0 amide bonds. The Morgan fingerprint density at radius 2 is 1.64 bits per heavy atom. The summed E-state index contributed by atoms with van der Waals surface area (Å²) >= 11 is 2.18. The predicted octanol–water partition coefficient (Wildman–Crippen LogP) is 3.35. The van der Waals surface area contributed by atoms with Gasteiger partial charge < -0.3 is 0 Å². The molecule has 0 spiro atoms. The van der Waals surface area contributed by atoms with Crippen molar-refractivity contribution in [2.75, 3.05) is 24.7 Å². The molecule has 2 aliphatic rings. The van der Waals surface area contributed by atoms with E-state index in [1.807, 2.05) is 0 Å². The Hall–Kier alpha value is 0.310. The van der Waals surface area contributed by atoms with E-state index in [-0.39, 0.29) is 0 Å². The third-order valence-corrected chi connectivity index (χ3v) is 4.81. The Balaban J connectivity index is 1.52. The molecule has 0 radical (unpaired) electrons. The lowest BCUT2D eigenvalue weighted by molar-refractivity contribution is 0.384. The zero-order chi connectivity index (χ0) is 9.64. The monoisotopic (exact) mass is 213 g/mol. The Kier molecular flexibility index (Phi) is 4.65. The van der Waals surface area contributed by atoms with Gasteiger partial charge >= 0.3 is 0 Å². The van der Waals surface area contributed by atoms with E-state index in [1.54, 1.807) is 0 Å². The Bertz CT molecular complexity index is 148. The van der Waals surface area contributed by atoms with E-state index in [1.165, 1.54) is 69.7 Å². The fourth-order valence-electron chi connectivity index (χ4n) is 2.61. The van der Waals surface area contributed by atoms with E-state index < -0.39 is 0 Å². The van der Waals surface area contributed by atoms with Crippen LogP contribution in [0.5, 0.6) is 0 Å². The van der Waals surface area contributed by atoms with Crippen LogP contribution in [-0.2, 0) is 0 Å². The van der Waals surface area contributed by atoms with Crippen LogP contribution in [0.25, 0.3) is 0 Å². The SMILES string of the molecule is C1CCC(CSCN2CCCC2)CC1. The minimum absolute atomic E-state index is 1.05. The van der Waals surface area contributed by atoms with Gasteiger partial charge in [-0.05, 0) is 50.4 Å². The molecule has 0 atom stereocenters. The Morgan fingerprint density at radius 3 is 2.36 bits per heavy atom. The molecule has 1 saturated carbocycles. The van der Waals surface area contributed by atoms with Gasteiger partial charge in [0, 0.05) is 5.88 Å². The second kappa shape index (κ2) is 6.02. The van der Waals surface area contributed by atoms with Gasteiger partial charge in [-0.15, -0.1) is 11.8 Å². The summed E-state index contributed by atoms with van der Waals surface area (Å²) in [6.45, 7) is 2.72. The van der Waals surface area contributed by atoms with Crippen molar-refractivity contribution in [3.63, 3.8) is 0 Å². The normalized spacial score (nSPS) is 25.7. The van der Waals surface area contributed by atoms with Crippen molar-refractivity contribution in [2.45, 2.75) is 44.9 Å². The maximum absolute atomic E-state index is 2.62. The smallest absolute Gasteiger partial charge is 0.0444 e. The highest BCUT2D eigenvalue weighted by Gasteiger charge is 2.15. The molecular formula is C12H23NS. The molecule has 0 bridgehead atoms. The first-order valence-electron chi connectivity index (χ1n) is 6.25. The molecule has 1 heterocycles. The third kappa shape index (κ3) is 3.47. The van der Waals surface area contributed by atoms with Crippen LogP contribution in [0.15, 0.2) is 0 Å². The highest BCUT2D eigenvalue weighted by Crippen LogP contribution is 2.27. The largest absolute Gasteiger partial charge is 0.294 e. The fourth-order valence-corrected chi connectivity index (χ4v) is 3.90. The van der Waals surface area contributed by atoms with Crippen molar-refractivity contribution in [1.29, 1.82) is 0 Å². The summed E-state index contributed by atoms with van der Waals surface area (Å²) in [5.41, 5.74) is 0. The van der Waals surface area contributed by atoms with Crippen LogP contribution in [0.1, 0.15) is 44.9 Å². The van der Waals surface area contributed by atoms with Crippen LogP contribution in [-0.4, -0.2) is 29.6 Å². The van der Waals surface area contributed by atoms with Gasteiger partial charge in [-0.3, -0.25) is 4.90 Å². The van der Waals surface area contributed by atoms with Crippen molar-refractivity contribution in [2.24, 2.45) is 5.92 Å². The quantitative estimate of drug-likeness (QED) is 0.704. The first-order chi connectivity index (χ1) is 6.95. The standard InChI is InChI=1S/C12H23NS/c1-2-6-12(7-3-1)10-14-11-13-8-4-5-9-13/h12H,1-11H2. The third-order valence-electron chi connectivity index (χ3n) is 3.55. The van der Waals surface area contributed by atoms with Gasteiger partial charge in [-0.2, -0.15) is 0 Å². The molecule has 1 saturated heterocycles. The summed E-state index contributed by atoms with van der Waals surface area (Å²) in [5.74, 6) is 3.78. The van der Waals surface area contributed by atoms with Gasteiger partial charge in [0.05, 0.1) is 0 Å². The summed E-state index contributed by atoms with van der Waals surface area (Å²) in [4.78, 5) is 2.62. The molecule has 0 aromatic heterocycles. The van der Waals surface area contributed by atoms with Gasteiger partial charge in [0.15, 0.2) is 0 Å². The van der Waals surface area contributed by atoms with Crippen molar-refractivity contribution < 1.29 is 0 Å². The van der Waals surface area contributed by atoms with Gasteiger partial charge in [-0.1, -0.05) is 19.3 Å². The molecule has 2 fully saturated rings. The zero-order valence-electron chi connectivity index (χ0n) is 9.21. The molecule has 82 valence electrons. The second-order valence-electron chi connectivity index (χ2n) is 4.83. The maximum Gasteiger partial charge on any atom is 0.0444 e. The Labute approximate surface area is 92.6 Å². The molecule has 14 heavy (non-hydrogen) atoms. The topological polar surface area (TPSA) is 3.24 Å². The van der Waals surface area contributed by atoms with Crippen LogP contribution in [0, 0.1) is 5.92 Å². The Morgan fingerprint density at radius 1 is 0.929 bits per heavy atom. The molecule has 1 aliphatic heterocycles. The lowest BCUT2D eigenvalue weighted by atomic mass is 9.91. The fraction of sp³-hybridized carbons (Fsp3) is 1.00. The summed E-state index contributed by atoms with van der Waals surface area (Å²) in [7, 11) is 0. The van der Waals surface area contributed by atoms with Crippen LogP contribution in [0.3, 0.4) is 0 Å². The number of likely N-dealkylation sites (tertiary alicyclic amines) is 1. The number of hydrogen-bond acceptors (Lipinski definition) is 2. The summed E-state index contributed by atoms with van der Waals surface area (Å²) in [5, 5.41) is 0. The average molecular weight is 213 g/mol. The number of nitrogens with zero attached hydrogens (tertiary/aromatic N) is 1. The molecule has 0 aromatic rings. The van der Waals surface area contributed by atoms with E-state index in [4.69, 9.17) is 0 Å². The molecule has 2 rings (SSSR count). The summed E-state index contributed by atoms with van der Waals surface area (Å²) in [6, 6.07) is 0. The van der Waals surface area contributed by atoms with Crippen LogP contribution < -0.4 is 0 Å². The second-order valence-corrected chi connectivity index (χ2v) is 5.83. The molecule has 0 N–H and O–H groups in total. The number of hydrogen-bond donors (Lipinski definition) is 0. The van der Waals surface area contributed by atoms with E-state index >= 15 is 0 Å². The molecule has 1 aliphatic carbocycles. The first-order valence-corrected chi connectivity index (χ1v) is 7.41. The maximum atomic E-state index is 2.62. The minimum Gasteiger partial charge on any atom is -0.294 e. The van der Waals surface area contributed by atoms with Crippen molar-refractivity contribution >= 4 is 11.8 Å².